The van der Waals surface area contributed by atoms with Crippen molar-refractivity contribution >= 4 is 45.3 Å². The highest BCUT2D eigenvalue weighted by Crippen LogP contribution is 2.30. The van der Waals surface area contributed by atoms with E-state index in [0.29, 0.717) is 0 Å². The molecule has 1 N–H and O–H groups in total. The van der Waals surface area contributed by atoms with Crippen molar-refractivity contribution in [1.29, 1.82) is 0 Å². The highest BCUT2D eigenvalue weighted by molar-refractivity contribution is 6.06. The van der Waals surface area contributed by atoms with Crippen molar-refractivity contribution in [1.82, 2.24) is 15.0 Å². The summed E-state index contributed by atoms with van der Waals surface area (Å²) in [5.41, 5.74) is 7.30. The molecule has 19 heavy (non-hydrogen) atoms. The van der Waals surface area contributed by atoms with Gasteiger partial charge in [-0.2, -0.15) is 0 Å². The Labute approximate surface area is 108 Å². The third-order valence-corrected chi connectivity index (χ3v) is 3.75. The van der Waals surface area contributed by atoms with Gasteiger partial charge >= 0.3 is 0 Å². The van der Waals surface area contributed by atoms with Crippen LogP contribution in [0, 0.1) is 0 Å². The maximum atomic E-state index is 4.77. The van der Waals surface area contributed by atoms with Gasteiger partial charge in [-0.25, -0.2) is 9.97 Å². The van der Waals surface area contributed by atoms with E-state index in [1.807, 2.05) is 12.1 Å². The number of benzene rings is 2. The van der Waals surface area contributed by atoms with Crippen LogP contribution in [-0.4, -0.2) is 15.0 Å². The highest BCUT2D eigenvalue weighted by atomic mass is 14.9. The summed E-state index contributed by atoms with van der Waals surface area (Å²) in [6.07, 6.45) is 4.21. The van der Waals surface area contributed by atoms with Crippen molar-refractivity contribution in [3.63, 3.8) is 0 Å². The van der Waals surface area contributed by atoms with Gasteiger partial charge in [0.15, 0.2) is 5.65 Å². The molecule has 0 aliphatic heterocycles. The normalized spacial score (nSPS) is 13.1. The molecule has 0 saturated heterocycles. The summed E-state index contributed by atoms with van der Waals surface area (Å²) in [4.78, 5) is 12.8. The molecule has 0 fully saturated rings. The standard InChI is InChI=1S/C16H9N3/c1-2-4-12-11(3-1)15-16(18-12)19-14-8-10-6-5-9(10)7-13(14)17-15/h1-8H,(H,18,19). The van der Waals surface area contributed by atoms with Gasteiger partial charge in [0.1, 0.15) is 5.52 Å². The Morgan fingerprint density at radius 2 is 1.58 bits per heavy atom. The topological polar surface area (TPSA) is 41.6 Å². The van der Waals surface area contributed by atoms with Gasteiger partial charge < -0.3 is 4.98 Å². The molecule has 0 radical (unpaired) electrons. The van der Waals surface area contributed by atoms with Crippen molar-refractivity contribution in [2.24, 2.45) is 0 Å². The predicted molar refractivity (Wildman–Crippen MR) is 77.8 cm³/mol. The lowest BCUT2D eigenvalue weighted by Gasteiger charge is -2.10. The Balaban J connectivity index is 2.00. The molecule has 1 aliphatic carbocycles. The number of nitrogens with zero attached hydrogens (tertiary/aromatic N) is 2. The van der Waals surface area contributed by atoms with Gasteiger partial charge in [-0.05, 0) is 29.3 Å². The molecule has 0 unspecified atom stereocenters. The Hall–Kier alpha value is -2.68. The van der Waals surface area contributed by atoms with E-state index in [1.54, 1.807) is 0 Å². The zero-order valence-corrected chi connectivity index (χ0v) is 10.0. The first kappa shape index (κ1) is 9.28. The van der Waals surface area contributed by atoms with E-state index in [2.05, 4.69) is 41.4 Å². The molecule has 0 amide bonds. The number of fused-ring (bicyclic) bond motifs is 5. The lowest BCUT2D eigenvalue weighted by atomic mass is 9.97. The SMILES string of the molecule is C1=Cc2cc3nc4c(nc3cc21)[nH]c1ccccc14. The van der Waals surface area contributed by atoms with Crippen LogP contribution < -0.4 is 0 Å². The summed E-state index contributed by atoms with van der Waals surface area (Å²) in [6, 6.07) is 12.4. The summed E-state index contributed by atoms with van der Waals surface area (Å²) in [5, 5.41) is 1.13. The van der Waals surface area contributed by atoms with Gasteiger partial charge in [-0.3, -0.25) is 0 Å². The fraction of sp³-hybridized carbons (Fsp3) is 0. The molecule has 5 rings (SSSR count). The van der Waals surface area contributed by atoms with Crippen molar-refractivity contribution in [2.45, 2.75) is 0 Å². The molecule has 2 aromatic carbocycles. The largest absolute Gasteiger partial charge is 0.338 e. The van der Waals surface area contributed by atoms with Crippen LogP contribution in [0.5, 0.6) is 0 Å². The first-order chi connectivity index (χ1) is 9.38. The molecule has 0 spiro atoms. The van der Waals surface area contributed by atoms with Crippen LogP contribution >= 0.6 is 0 Å². The Morgan fingerprint density at radius 1 is 0.842 bits per heavy atom. The van der Waals surface area contributed by atoms with E-state index in [-0.39, 0.29) is 0 Å². The number of hydrogen-bond donors (Lipinski definition) is 1. The number of para-hydroxylation sites is 1. The van der Waals surface area contributed by atoms with E-state index in [1.165, 1.54) is 11.1 Å². The molecule has 88 valence electrons. The molecular weight excluding hydrogens is 234 g/mol. The first-order valence-corrected chi connectivity index (χ1v) is 6.29. The smallest absolute Gasteiger partial charge is 0.157 e. The molecule has 1 aliphatic rings. The third kappa shape index (κ3) is 1.12. The third-order valence-electron chi connectivity index (χ3n) is 3.75. The van der Waals surface area contributed by atoms with Crippen molar-refractivity contribution in [2.75, 3.05) is 0 Å². The molecular formula is C16H9N3. The second kappa shape index (κ2) is 3.01. The van der Waals surface area contributed by atoms with Crippen LogP contribution in [0.2, 0.25) is 0 Å². The number of H-pyrrole nitrogens is 1. The monoisotopic (exact) mass is 243 g/mol. The average molecular weight is 243 g/mol. The number of hydrogen-bond acceptors (Lipinski definition) is 2. The molecule has 3 heteroatoms. The summed E-state index contributed by atoms with van der Waals surface area (Å²) in [7, 11) is 0. The van der Waals surface area contributed by atoms with Gasteiger partial charge in [0.25, 0.3) is 0 Å². The zero-order chi connectivity index (χ0) is 12.4. The van der Waals surface area contributed by atoms with Crippen LogP contribution in [-0.2, 0) is 0 Å². The fourth-order valence-electron chi connectivity index (χ4n) is 2.71. The molecule has 2 aromatic heterocycles. The number of aromatic amines is 1. The number of rotatable bonds is 0. The summed E-state index contributed by atoms with van der Waals surface area (Å²) < 4.78 is 0. The summed E-state index contributed by atoms with van der Waals surface area (Å²) >= 11 is 0. The van der Waals surface area contributed by atoms with Gasteiger partial charge in [0.2, 0.25) is 0 Å². The van der Waals surface area contributed by atoms with Crippen LogP contribution in [0.1, 0.15) is 11.1 Å². The van der Waals surface area contributed by atoms with E-state index < -0.39 is 0 Å². The maximum absolute atomic E-state index is 4.77. The molecule has 0 saturated carbocycles. The van der Waals surface area contributed by atoms with E-state index in [0.717, 1.165) is 33.1 Å². The van der Waals surface area contributed by atoms with Crippen molar-refractivity contribution in [3.05, 3.63) is 47.5 Å². The van der Waals surface area contributed by atoms with Crippen LogP contribution in [0.25, 0.3) is 45.3 Å². The minimum atomic E-state index is 0.858. The van der Waals surface area contributed by atoms with Crippen molar-refractivity contribution in [3.8, 4) is 0 Å². The van der Waals surface area contributed by atoms with E-state index >= 15 is 0 Å². The quantitative estimate of drug-likeness (QED) is 0.450. The molecule has 0 atom stereocenters. The summed E-state index contributed by atoms with van der Waals surface area (Å²) in [5.74, 6) is 0. The number of aromatic nitrogens is 3. The van der Waals surface area contributed by atoms with Gasteiger partial charge in [-0.1, -0.05) is 30.4 Å². The zero-order valence-electron chi connectivity index (χ0n) is 10.0. The summed E-state index contributed by atoms with van der Waals surface area (Å²) in [6.45, 7) is 0. The van der Waals surface area contributed by atoms with Gasteiger partial charge in [-0.15, -0.1) is 0 Å². The average Bonchev–Trinajstić information content (AvgIpc) is 2.77. The Bertz CT molecular complexity index is 1010. The second-order valence-electron chi connectivity index (χ2n) is 4.89. The Kier molecular flexibility index (Phi) is 1.47. The minimum Gasteiger partial charge on any atom is -0.338 e. The minimum absolute atomic E-state index is 0.858. The highest BCUT2D eigenvalue weighted by Gasteiger charge is 2.12. The molecule has 3 nitrogen and oxygen atoms in total. The van der Waals surface area contributed by atoms with Crippen LogP contribution in [0.3, 0.4) is 0 Å². The predicted octanol–water partition coefficient (Wildman–Crippen LogP) is 3.75. The lowest BCUT2D eigenvalue weighted by Crippen LogP contribution is -1.93. The molecule has 0 bridgehead atoms. The fourth-order valence-corrected chi connectivity index (χ4v) is 2.71. The second-order valence-corrected chi connectivity index (χ2v) is 4.89. The van der Waals surface area contributed by atoms with E-state index in [9.17, 15) is 0 Å². The maximum Gasteiger partial charge on any atom is 0.157 e. The van der Waals surface area contributed by atoms with E-state index in [4.69, 9.17) is 9.97 Å². The lowest BCUT2D eigenvalue weighted by molar-refractivity contribution is 1.35. The molecule has 4 aromatic rings. The van der Waals surface area contributed by atoms with Crippen LogP contribution in [0.4, 0.5) is 0 Å². The number of nitrogens with one attached hydrogen (secondary N) is 1. The Morgan fingerprint density at radius 3 is 2.37 bits per heavy atom. The van der Waals surface area contributed by atoms with Gasteiger partial charge in [0, 0.05) is 10.9 Å². The first-order valence-electron chi connectivity index (χ1n) is 6.29. The molecule has 2 heterocycles. The van der Waals surface area contributed by atoms with Crippen molar-refractivity contribution < 1.29 is 0 Å². The van der Waals surface area contributed by atoms with Gasteiger partial charge in [0.05, 0.1) is 11.0 Å². The van der Waals surface area contributed by atoms with Crippen LogP contribution in [0.15, 0.2) is 36.4 Å².